The number of aromatic nitrogens is 2. The van der Waals surface area contributed by atoms with Crippen molar-refractivity contribution >= 4 is 11.6 Å². The fourth-order valence-corrected chi connectivity index (χ4v) is 1.56. The van der Waals surface area contributed by atoms with Gasteiger partial charge in [0.25, 0.3) is 5.56 Å². The van der Waals surface area contributed by atoms with Crippen molar-refractivity contribution < 1.29 is 9.13 Å². The lowest BCUT2D eigenvalue weighted by molar-refractivity contribution is 0.302. The number of ether oxygens (including phenoxy) is 1. The van der Waals surface area contributed by atoms with Gasteiger partial charge in [-0.1, -0.05) is 23.7 Å². The summed E-state index contributed by atoms with van der Waals surface area (Å²) >= 11 is 5.83. The zero-order chi connectivity index (χ0) is 13.1. The molecular formula is C12H10ClFN2O2. The van der Waals surface area contributed by atoms with Crippen LogP contribution in [0.2, 0.25) is 5.02 Å². The Kier molecular flexibility index (Phi) is 3.62. The molecule has 1 heterocycles. The van der Waals surface area contributed by atoms with Gasteiger partial charge in [-0.25, -0.2) is 9.07 Å². The molecule has 0 aliphatic carbocycles. The first-order chi connectivity index (χ1) is 8.58. The van der Waals surface area contributed by atoms with Gasteiger partial charge in [0.15, 0.2) is 10.8 Å². The van der Waals surface area contributed by atoms with Gasteiger partial charge >= 0.3 is 0 Å². The monoisotopic (exact) mass is 268 g/mol. The molecule has 4 nitrogen and oxygen atoms in total. The molecule has 18 heavy (non-hydrogen) atoms. The summed E-state index contributed by atoms with van der Waals surface area (Å²) in [5.41, 5.74) is 0.349. The Morgan fingerprint density at radius 1 is 1.39 bits per heavy atom. The SMILES string of the molecule is Cn1ncc(OCc2ccc(F)cc2)c(Cl)c1=O. The van der Waals surface area contributed by atoms with Crippen LogP contribution in [0, 0.1) is 5.82 Å². The molecule has 94 valence electrons. The van der Waals surface area contributed by atoms with Gasteiger partial charge in [0.05, 0.1) is 6.20 Å². The van der Waals surface area contributed by atoms with Crippen molar-refractivity contribution in [1.29, 1.82) is 0 Å². The van der Waals surface area contributed by atoms with Crippen LogP contribution in [-0.2, 0) is 13.7 Å². The Bertz CT molecular complexity index is 610. The van der Waals surface area contributed by atoms with Crippen molar-refractivity contribution in [3.8, 4) is 5.75 Å². The summed E-state index contributed by atoms with van der Waals surface area (Å²) in [5.74, 6) is -0.101. The van der Waals surface area contributed by atoms with E-state index in [1.165, 1.54) is 25.4 Å². The quantitative estimate of drug-likeness (QED) is 0.857. The molecule has 0 aliphatic rings. The molecule has 0 atom stereocenters. The number of nitrogens with zero attached hydrogens (tertiary/aromatic N) is 2. The van der Waals surface area contributed by atoms with E-state index in [1.54, 1.807) is 12.1 Å². The first-order valence-electron chi connectivity index (χ1n) is 5.17. The van der Waals surface area contributed by atoms with Crippen molar-refractivity contribution in [3.63, 3.8) is 0 Å². The zero-order valence-electron chi connectivity index (χ0n) is 9.56. The Hall–Kier alpha value is -1.88. The van der Waals surface area contributed by atoms with Gasteiger partial charge in [0.2, 0.25) is 0 Å². The predicted octanol–water partition coefficient (Wildman–Crippen LogP) is 2.15. The molecule has 0 amide bonds. The third-order valence-electron chi connectivity index (χ3n) is 2.35. The largest absolute Gasteiger partial charge is 0.485 e. The van der Waals surface area contributed by atoms with E-state index < -0.39 is 5.56 Å². The Labute approximate surface area is 108 Å². The fourth-order valence-electron chi connectivity index (χ4n) is 1.34. The van der Waals surface area contributed by atoms with Gasteiger partial charge in [0, 0.05) is 7.05 Å². The first-order valence-corrected chi connectivity index (χ1v) is 5.55. The predicted molar refractivity (Wildman–Crippen MR) is 65.2 cm³/mol. The summed E-state index contributed by atoms with van der Waals surface area (Å²) in [5, 5.41) is 3.78. The fraction of sp³-hybridized carbons (Fsp3) is 0.167. The molecular weight excluding hydrogens is 259 g/mol. The van der Waals surface area contributed by atoms with E-state index in [1.807, 2.05) is 0 Å². The molecule has 0 aliphatic heterocycles. The van der Waals surface area contributed by atoms with Crippen LogP contribution in [0.3, 0.4) is 0 Å². The Balaban J connectivity index is 2.13. The number of aryl methyl sites for hydroxylation is 1. The third-order valence-corrected chi connectivity index (χ3v) is 2.70. The Morgan fingerprint density at radius 3 is 2.72 bits per heavy atom. The second-order valence-electron chi connectivity index (χ2n) is 3.67. The van der Waals surface area contributed by atoms with Crippen LogP contribution in [0.5, 0.6) is 5.75 Å². The van der Waals surface area contributed by atoms with Gasteiger partial charge in [-0.2, -0.15) is 5.10 Å². The first kappa shape index (κ1) is 12.6. The van der Waals surface area contributed by atoms with Crippen LogP contribution in [0.25, 0.3) is 0 Å². The van der Waals surface area contributed by atoms with Crippen LogP contribution in [-0.4, -0.2) is 9.78 Å². The van der Waals surface area contributed by atoms with E-state index in [2.05, 4.69) is 5.10 Å². The Morgan fingerprint density at radius 2 is 2.06 bits per heavy atom. The minimum absolute atomic E-state index is 0.0189. The number of hydrogen-bond acceptors (Lipinski definition) is 3. The van der Waals surface area contributed by atoms with E-state index >= 15 is 0 Å². The summed E-state index contributed by atoms with van der Waals surface area (Å²) in [4.78, 5) is 11.5. The molecule has 0 saturated carbocycles. The molecule has 0 unspecified atom stereocenters. The number of hydrogen-bond donors (Lipinski definition) is 0. The van der Waals surface area contributed by atoms with Gasteiger partial charge in [0.1, 0.15) is 12.4 Å². The molecule has 0 N–H and O–H groups in total. The molecule has 2 aromatic rings. The molecule has 0 spiro atoms. The maximum atomic E-state index is 12.7. The molecule has 0 fully saturated rings. The van der Waals surface area contributed by atoms with Crippen molar-refractivity contribution in [2.75, 3.05) is 0 Å². The third kappa shape index (κ3) is 2.68. The highest BCUT2D eigenvalue weighted by molar-refractivity contribution is 6.31. The highest BCUT2D eigenvalue weighted by atomic mass is 35.5. The van der Waals surface area contributed by atoms with Crippen LogP contribution in [0.4, 0.5) is 4.39 Å². The van der Waals surface area contributed by atoms with Gasteiger partial charge < -0.3 is 4.74 Å². The van der Waals surface area contributed by atoms with E-state index in [9.17, 15) is 9.18 Å². The van der Waals surface area contributed by atoms with Crippen LogP contribution >= 0.6 is 11.6 Å². The van der Waals surface area contributed by atoms with E-state index in [-0.39, 0.29) is 23.2 Å². The second-order valence-corrected chi connectivity index (χ2v) is 4.04. The number of halogens is 2. The van der Waals surface area contributed by atoms with Crippen LogP contribution in [0.15, 0.2) is 35.3 Å². The summed E-state index contributed by atoms with van der Waals surface area (Å²) in [6.45, 7) is 0.189. The summed E-state index contributed by atoms with van der Waals surface area (Å²) in [7, 11) is 1.50. The maximum absolute atomic E-state index is 12.7. The van der Waals surface area contributed by atoms with E-state index in [4.69, 9.17) is 16.3 Å². The topological polar surface area (TPSA) is 44.1 Å². The summed E-state index contributed by atoms with van der Waals surface area (Å²) < 4.78 is 19.2. The maximum Gasteiger partial charge on any atom is 0.289 e. The second kappa shape index (κ2) is 5.18. The van der Waals surface area contributed by atoms with Crippen LogP contribution < -0.4 is 10.3 Å². The van der Waals surface area contributed by atoms with Gasteiger partial charge in [-0.05, 0) is 17.7 Å². The molecule has 0 radical (unpaired) electrons. The van der Waals surface area contributed by atoms with Crippen molar-refractivity contribution in [3.05, 3.63) is 57.2 Å². The zero-order valence-corrected chi connectivity index (χ0v) is 10.3. The molecule has 2 rings (SSSR count). The average Bonchev–Trinajstić information content (AvgIpc) is 2.37. The lowest BCUT2D eigenvalue weighted by Crippen LogP contribution is -2.20. The molecule has 0 saturated heterocycles. The van der Waals surface area contributed by atoms with E-state index in [0.29, 0.717) is 0 Å². The standard InChI is InChI=1S/C12H10ClFN2O2/c1-16-12(17)11(13)10(6-15-16)18-7-8-2-4-9(14)5-3-8/h2-6H,7H2,1H3. The van der Waals surface area contributed by atoms with Crippen molar-refractivity contribution in [2.45, 2.75) is 6.61 Å². The summed E-state index contributed by atoms with van der Waals surface area (Å²) in [6, 6.07) is 5.86. The highest BCUT2D eigenvalue weighted by Crippen LogP contribution is 2.19. The molecule has 1 aromatic heterocycles. The van der Waals surface area contributed by atoms with Crippen molar-refractivity contribution in [1.82, 2.24) is 9.78 Å². The molecule has 0 bridgehead atoms. The minimum Gasteiger partial charge on any atom is -0.485 e. The number of rotatable bonds is 3. The lowest BCUT2D eigenvalue weighted by Gasteiger charge is -2.07. The molecule has 1 aromatic carbocycles. The average molecular weight is 269 g/mol. The van der Waals surface area contributed by atoms with Gasteiger partial charge in [-0.15, -0.1) is 0 Å². The molecule has 6 heteroatoms. The highest BCUT2D eigenvalue weighted by Gasteiger charge is 2.08. The van der Waals surface area contributed by atoms with Gasteiger partial charge in [-0.3, -0.25) is 4.79 Å². The number of benzene rings is 1. The normalized spacial score (nSPS) is 10.4. The minimum atomic E-state index is -0.423. The smallest absolute Gasteiger partial charge is 0.289 e. The summed E-state index contributed by atoms with van der Waals surface area (Å²) in [6.07, 6.45) is 1.37. The van der Waals surface area contributed by atoms with E-state index in [0.717, 1.165) is 10.2 Å². The van der Waals surface area contributed by atoms with Crippen molar-refractivity contribution in [2.24, 2.45) is 7.05 Å². The lowest BCUT2D eigenvalue weighted by atomic mass is 10.2. The van der Waals surface area contributed by atoms with Crippen LogP contribution in [0.1, 0.15) is 5.56 Å².